The molecule has 21 heavy (non-hydrogen) atoms. The highest BCUT2D eigenvalue weighted by molar-refractivity contribution is 5.35. The van der Waals surface area contributed by atoms with Crippen molar-refractivity contribution in [2.24, 2.45) is 0 Å². The minimum absolute atomic E-state index is 0.0558. The maximum Gasteiger partial charge on any atom is 0.408 e. The van der Waals surface area contributed by atoms with Gasteiger partial charge in [-0.25, -0.2) is 8.78 Å². The van der Waals surface area contributed by atoms with Crippen LogP contribution in [0.4, 0.5) is 22.0 Å². The first-order chi connectivity index (χ1) is 9.86. The van der Waals surface area contributed by atoms with Gasteiger partial charge in [0.1, 0.15) is 11.9 Å². The zero-order chi connectivity index (χ0) is 15.6. The topological polar surface area (TPSA) is 24.5 Å². The van der Waals surface area contributed by atoms with E-state index in [1.165, 1.54) is 0 Å². The first-order valence-corrected chi connectivity index (χ1v) is 6.39. The molecule has 1 saturated heterocycles. The Balaban J connectivity index is 2.51. The summed E-state index contributed by atoms with van der Waals surface area (Å²) in [5.74, 6) is -2.94. The summed E-state index contributed by atoms with van der Waals surface area (Å²) in [6, 6.07) is -0.563. The van der Waals surface area contributed by atoms with Crippen molar-refractivity contribution in [3.8, 4) is 5.75 Å². The van der Waals surface area contributed by atoms with Crippen molar-refractivity contribution in [2.75, 3.05) is 33.3 Å². The van der Waals surface area contributed by atoms with Crippen LogP contribution in [-0.2, 0) is 0 Å². The van der Waals surface area contributed by atoms with Gasteiger partial charge in [0.2, 0.25) is 0 Å². The van der Waals surface area contributed by atoms with Crippen LogP contribution >= 0.6 is 0 Å². The lowest BCUT2D eigenvalue weighted by Gasteiger charge is -2.36. The third kappa shape index (κ3) is 3.26. The van der Waals surface area contributed by atoms with Gasteiger partial charge >= 0.3 is 6.18 Å². The summed E-state index contributed by atoms with van der Waals surface area (Å²) in [6.07, 6.45) is -4.79. The Labute approximate surface area is 118 Å². The Bertz CT molecular complexity index is 500. The summed E-state index contributed by atoms with van der Waals surface area (Å²) in [6.45, 7) is 0.778. The van der Waals surface area contributed by atoms with Gasteiger partial charge in [0.15, 0.2) is 11.6 Å². The molecule has 0 spiro atoms. The van der Waals surface area contributed by atoms with Crippen molar-refractivity contribution in [2.45, 2.75) is 12.2 Å². The van der Waals surface area contributed by atoms with E-state index in [9.17, 15) is 22.0 Å². The number of ether oxygens (including phenoxy) is 1. The second-order valence-electron chi connectivity index (χ2n) is 4.71. The number of nitrogens with zero attached hydrogens (tertiary/aromatic N) is 1. The number of methoxy groups -OCH3 is 1. The normalized spacial score (nSPS) is 18.6. The first-order valence-electron chi connectivity index (χ1n) is 6.39. The number of hydrogen-bond acceptors (Lipinski definition) is 3. The Morgan fingerprint density at radius 2 is 1.81 bits per heavy atom. The molecule has 1 aromatic rings. The average molecular weight is 310 g/mol. The summed E-state index contributed by atoms with van der Waals surface area (Å²) in [5.41, 5.74) is -1.01. The van der Waals surface area contributed by atoms with Crippen LogP contribution in [0.25, 0.3) is 0 Å². The van der Waals surface area contributed by atoms with Crippen LogP contribution in [0.3, 0.4) is 0 Å². The summed E-state index contributed by atoms with van der Waals surface area (Å²) in [5, 5.41) is 2.90. The Kier molecular flexibility index (Phi) is 4.67. The second-order valence-corrected chi connectivity index (χ2v) is 4.71. The van der Waals surface area contributed by atoms with Gasteiger partial charge in [0.05, 0.1) is 12.7 Å². The van der Waals surface area contributed by atoms with Crippen LogP contribution in [0.1, 0.15) is 11.6 Å². The lowest BCUT2D eigenvalue weighted by Crippen LogP contribution is -2.49. The van der Waals surface area contributed by atoms with Crippen LogP contribution in [0.2, 0.25) is 0 Å². The molecule has 1 aliphatic rings. The van der Waals surface area contributed by atoms with Crippen molar-refractivity contribution >= 4 is 0 Å². The highest BCUT2D eigenvalue weighted by Crippen LogP contribution is 2.41. The smallest absolute Gasteiger partial charge is 0.408 e. The molecular weight excluding hydrogens is 295 g/mol. The summed E-state index contributed by atoms with van der Waals surface area (Å²) in [7, 11) is 1.12. The summed E-state index contributed by atoms with van der Waals surface area (Å²) in [4.78, 5) is 1.03. The number of benzene rings is 1. The van der Waals surface area contributed by atoms with Crippen molar-refractivity contribution in [1.82, 2.24) is 10.2 Å². The van der Waals surface area contributed by atoms with Gasteiger partial charge in [-0.3, -0.25) is 4.90 Å². The number of rotatable bonds is 3. The number of nitrogens with one attached hydrogen (secondary N) is 1. The zero-order valence-electron chi connectivity index (χ0n) is 11.3. The highest BCUT2D eigenvalue weighted by atomic mass is 19.4. The van der Waals surface area contributed by atoms with Crippen LogP contribution < -0.4 is 10.1 Å². The van der Waals surface area contributed by atoms with E-state index in [-0.39, 0.29) is 13.1 Å². The Hall–Kier alpha value is -1.41. The fraction of sp³-hybridized carbons (Fsp3) is 0.538. The minimum atomic E-state index is -4.79. The number of halogens is 5. The zero-order valence-corrected chi connectivity index (χ0v) is 11.3. The number of alkyl halides is 3. The quantitative estimate of drug-likeness (QED) is 0.868. The molecule has 8 heteroatoms. The van der Waals surface area contributed by atoms with Gasteiger partial charge in [-0.05, 0) is 12.1 Å². The largest absolute Gasteiger partial charge is 0.494 e. The maximum atomic E-state index is 14.2. The summed E-state index contributed by atoms with van der Waals surface area (Å²) < 4.78 is 72.7. The monoisotopic (exact) mass is 310 g/mol. The third-order valence-corrected chi connectivity index (χ3v) is 3.41. The number of hydrogen-bond donors (Lipinski definition) is 1. The predicted octanol–water partition coefficient (Wildman–Crippen LogP) is 2.48. The molecule has 1 fully saturated rings. The molecule has 1 N–H and O–H groups in total. The molecule has 0 aromatic heterocycles. The lowest BCUT2D eigenvalue weighted by atomic mass is 10.0. The van der Waals surface area contributed by atoms with E-state index in [1.807, 2.05) is 0 Å². The molecule has 0 radical (unpaired) electrons. The van der Waals surface area contributed by atoms with Gasteiger partial charge in [0.25, 0.3) is 0 Å². The Morgan fingerprint density at radius 1 is 1.19 bits per heavy atom. The standard InChI is InChI=1S/C13H15F5N2O/c1-21-9-3-2-8(14)10(11(9)15)12(13(16,17)18)20-6-4-19-5-7-20/h2-3,12,19H,4-7H2,1H3/t12-/m1/s1. The second kappa shape index (κ2) is 6.15. The SMILES string of the molecule is COc1ccc(F)c([C@@H](N2CCNCC2)C(F)(F)F)c1F. The Morgan fingerprint density at radius 3 is 2.33 bits per heavy atom. The van der Waals surface area contributed by atoms with Gasteiger partial charge < -0.3 is 10.1 Å². The van der Waals surface area contributed by atoms with E-state index in [4.69, 9.17) is 0 Å². The first kappa shape index (κ1) is 16.0. The fourth-order valence-corrected chi connectivity index (χ4v) is 2.45. The number of piperazine rings is 1. The summed E-state index contributed by atoms with van der Waals surface area (Å²) >= 11 is 0. The highest BCUT2D eigenvalue weighted by Gasteiger charge is 2.48. The van der Waals surface area contributed by atoms with Crippen molar-refractivity contribution in [3.05, 3.63) is 29.3 Å². The molecule has 1 atom stereocenters. The fourth-order valence-electron chi connectivity index (χ4n) is 2.45. The van der Waals surface area contributed by atoms with Crippen LogP contribution in [0.15, 0.2) is 12.1 Å². The van der Waals surface area contributed by atoms with E-state index in [0.29, 0.717) is 13.1 Å². The average Bonchev–Trinajstić information content (AvgIpc) is 2.43. The van der Waals surface area contributed by atoms with Crippen LogP contribution in [-0.4, -0.2) is 44.4 Å². The molecular formula is C13H15F5N2O. The van der Waals surface area contributed by atoms with Crippen LogP contribution in [0, 0.1) is 11.6 Å². The van der Waals surface area contributed by atoms with Crippen molar-refractivity contribution < 1.29 is 26.7 Å². The molecule has 3 nitrogen and oxygen atoms in total. The van der Waals surface area contributed by atoms with Crippen LogP contribution in [0.5, 0.6) is 5.75 Å². The van der Waals surface area contributed by atoms with E-state index < -0.39 is 35.2 Å². The molecule has 1 heterocycles. The van der Waals surface area contributed by atoms with Crippen molar-refractivity contribution in [3.63, 3.8) is 0 Å². The molecule has 2 rings (SSSR count). The molecule has 0 saturated carbocycles. The van der Waals surface area contributed by atoms with Gasteiger partial charge in [-0.1, -0.05) is 0 Å². The van der Waals surface area contributed by atoms with Gasteiger partial charge in [-0.15, -0.1) is 0 Å². The molecule has 0 bridgehead atoms. The lowest BCUT2D eigenvalue weighted by molar-refractivity contribution is -0.189. The molecule has 0 unspecified atom stereocenters. The molecule has 118 valence electrons. The predicted molar refractivity (Wildman–Crippen MR) is 66.1 cm³/mol. The molecule has 1 aliphatic heterocycles. The van der Waals surface area contributed by atoms with Crippen molar-refractivity contribution in [1.29, 1.82) is 0 Å². The molecule has 0 aliphatic carbocycles. The maximum absolute atomic E-state index is 14.2. The third-order valence-electron chi connectivity index (χ3n) is 3.41. The van der Waals surface area contributed by atoms with Gasteiger partial charge in [-0.2, -0.15) is 13.2 Å². The van der Waals surface area contributed by atoms with E-state index in [2.05, 4.69) is 10.1 Å². The van der Waals surface area contributed by atoms with E-state index in [0.717, 1.165) is 24.1 Å². The minimum Gasteiger partial charge on any atom is -0.494 e. The van der Waals surface area contributed by atoms with E-state index in [1.54, 1.807) is 0 Å². The molecule has 0 amide bonds. The molecule has 1 aromatic carbocycles. The van der Waals surface area contributed by atoms with Gasteiger partial charge in [0, 0.05) is 26.2 Å². The van der Waals surface area contributed by atoms with E-state index >= 15 is 0 Å².